The third-order valence-electron chi connectivity index (χ3n) is 4.63. The lowest BCUT2D eigenvalue weighted by Gasteiger charge is -2.14. The number of carbonyl (C=O) groups is 1. The number of rotatable bonds is 8. The molecule has 0 aromatic heterocycles. The van der Waals surface area contributed by atoms with Crippen LogP contribution in [0.1, 0.15) is 12.0 Å². The Balaban J connectivity index is 1.31. The highest BCUT2D eigenvalue weighted by Crippen LogP contribution is 2.37. The highest BCUT2D eigenvalue weighted by atomic mass is 32.2. The first-order chi connectivity index (χ1) is 15.6. The van der Waals surface area contributed by atoms with Crippen molar-refractivity contribution in [1.82, 2.24) is 0 Å². The van der Waals surface area contributed by atoms with Crippen LogP contribution < -0.4 is 14.4 Å². The number of ether oxygens (including phenoxy) is 2. The summed E-state index contributed by atoms with van der Waals surface area (Å²) in [4.78, 5) is 14.5. The minimum Gasteiger partial charge on any atom is -0.493 e. The fourth-order valence-electron chi connectivity index (χ4n) is 3.08. The zero-order valence-corrected chi connectivity index (χ0v) is 18.7. The molecule has 1 heterocycles. The zero-order valence-electron chi connectivity index (χ0n) is 17.1. The number of thioether (sulfide) groups is 1. The molecule has 0 radical (unpaired) electrons. The molecule has 32 heavy (non-hydrogen) atoms. The molecule has 1 amide bonds. The van der Waals surface area contributed by atoms with E-state index in [1.807, 2.05) is 54.6 Å². The Morgan fingerprint density at radius 1 is 0.875 bits per heavy atom. The number of hydrogen-bond acceptors (Lipinski definition) is 5. The predicted molar refractivity (Wildman–Crippen MR) is 131 cm³/mol. The van der Waals surface area contributed by atoms with Crippen molar-refractivity contribution in [3.05, 3.63) is 95.1 Å². The summed E-state index contributed by atoms with van der Waals surface area (Å²) in [6, 6.07) is 23.2. The predicted octanol–water partition coefficient (Wildman–Crippen LogP) is 6.08. The van der Waals surface area contributed by atoms with Crippen molar-refractivity contribution in [2.75, 3.05) is 18.1 Å². The molecule has 0 N–H and O–H groups in total. The molecule has 1 fully saturated rings. The van der Waals surface area contributed by atoms with E-state index < -0.39 is 5.82 Å². The molecule has 7 heteroatoms. The zero-order chi connectivity index (χ0) is 22.3. The Bertz CT molecular complexity index is 1130. The SMILES string of the molecule is O=C1C(=Cc2ccc(OCCCOc3ccccc3)cc2)SC(=S)N1c1ccccc1F. The van der Waals surface area contributed by atoms with Crippen molar-refractivity contribution >= 4 is 46.0 Å². The van der Waals surface area contributed by atoms with Crippen LogP contribution in [0.2, 0.25) is 0 Å². The van der Waals surface area contributed by atoms with E-state index in [0.717, 1.165) is 35.2 Å². The van der Waals surface area contributed by atoms with Crippen LogP contribution in [0.25, 0.3) is 6.08 Å². The minimum atomic E-state index is -0.485. The summed E-state index contributed by atoms with van der Waals surface area (Å²) < 4.78 is 25.8. The average Bonchev–Trinajstić information content (AvgIpc) is 3.08. The normalized spacial score (nSPS) is 14.8. The average molecular weight is 466 g/mol. The van der Waals surface area contributed by atoms with Crippen LogP contribution in [0.4, 0.5) is 10.1 Å². The Kier molecular flexibility index (Phi) is 7.19. The van der Waals surface area contributed by atoms with Gasteiger partial charge in [0.15, 0.2) is 4.32 Å². The second-order valence-corrected chi connectivity index (χ2v) is 8.58. The van der Waals surface area contributed by atoms with Gasteiger partial charge in [-0.05, 0) is 48.0 Å². The van der Waals surface area contributed by atoms with Crippen molar-refractivity contribution in [1.29, 1.82) is 0 Å². The molecule has 0 spiro atoms. The lowest BCUT2D eigenvalue weighted by Crippen LogP contribution is -2.28. The van der Waals surface area contributed by atoms with E-state index in [0.29, 0.717) is 22.4 Å². The fraction of sp³-hybridized carbons (Fsp3) is 0.120. The number of nitrogens with zero attached hydrogens (tertiary/aromatic N) is 1. The molecule has 0 atom stereocenters. The number of benzene rings is 3. The van der Waals surface area contributed by atoms with Crippen LogP contribution >= 0.6 is 24.0 Å². The maximum Gasteiger partial charge on any atom is 0.270 e. The molecular weight excluding hydrogens is 445 g/mol. The Labute approximate surface area is 195 Å². The van der Waals surface area contributed by atoms with Gasteiger partial charge in [-0.1, -0.05) is 66.4 Å². The molecular formula is C25H20FNO3S2. The molecule has 1 aliphatic heterocycles. The van der Waals surface area contributed by atoms with Crippen LogP contribution in [0.5, 0.6) is 11.5 Å². The number of halogens is 1. The summed E-state index contributed by atoms with van der Waals surface area (Å²) in [5.74, 6) is 0.766. The number of thiocarbonyl (C=S) groups is 1. The standard InChI is InChI=1S/C25H20FNO3S2/c26-21-9-4-5-10-22(21)27-24(28)23(32-25(27)31)17-18-11-13-20(14-12-18)30-16-6-15-29-19-7-2-1-3-8-19/h1-5,7-14,17H,6,15-16H2. The van der Waals surface area contributed by atoms with Gasteiger partial charge < -0.3 is 9.47 Å². The third kappa shape index (κ3) is 5.36. The van der Waals surface area contributed by atoms with Crippen molar-refractivity contribution in [2.24, 2.45) is 0 Å². The van der Waals surface area contributed by atoms with E-state index >= 15 is 0 Å². The first kappa shape index (κ1) is 22.0. The Morgan fingerprint density at radius 2 is 1.50 bits per heavy atom. The van der Waals surface area contributed by atoms with Crippen LogP contribution in [0.3, 0.4) is 0 Å². The minimum absolute atomic E-state index is 0.165. The fourth-order valence-corrected chi connectivity index (χ4v) is 4.36. The van der Waals surface area contributed by atoms with Gasteiger partial charge in [0, 0.05) is 6.42 Å². The highest BCUT2D eigenvalue weighted by Gasteiger charge is 2.34. The molecule has 1 saturated heterocycles. The molecule has 0 aliphatic carbocycles. The first-order valence-corrected chi connectivity index (χ1v) is 11.3. The Hall–Kier alpha value is -3.16. The van der Waals surface area contributed by atoms with E-state index in [1.165, 1.54) is 11.0 Å². The van der Waals surface area contributed by atoms with Crippen molar-refractivity contribution in [2.45, 2.75) is 6.42 Å². The summed E-state index contributed by atoms with van der Waals surface area (Å²) in [5, 5.41) is 0. The maximum absolute atomic E-state index is 14.1. The molecule has 0 bridgehead atoms. The smallest absolute Gasteiger partial charge is 0.270 e. The van der Waals surface area contributed by atoms with Gasteiger partial charge in [0.05, 0.1) is 23.8 Å². The van der Waals surface area contributed by atoms with E-state index in [-0.39, 0.29) is 11.6 Å². The van der Waals surface area contributed by atoms with Crippen LogP contribution in [0.15, 0.2) is 83.8 Å². The molecule has 3 aromatic rings. The first-order valence-electron chi connectivity index (χ1n) is 10.0. The van der Waals surface area contributed by atoms with Gasteiger partial charge in [-0.2, -0.15) is 0 Å². The summed E-state index contributed by atoms with van der Waals surface area (Å²) in [6.45, 7) is 1.11. The number of para-hydroxylation sites is 2. The van der Waals surface area contributed by atoms with Crippen molar-refractivity contribution < 1.29 is 18.7 Å². The van der Waals surface area contributed by atoms with Crippen molar-refractivity contribution in [3.8, 4) is 11.5 Å². The lowest BCUT2D eigenvalue weighted by molar-refractivity contribution is -0.113. The molecule has 4 rings (SSSR count). The van der Waals surface area contributed by atoms with Gasteiger partial charge in [0.25, 0.3) is 5.91 Å². The second kappa shape index (κ2) is 10.4. The third-order valence-corrected chi connectivity index (χ3v) is 5.94. The largest absolute Gasteiger partial charge is 0.493 e. The van der Waals surface area contributed by atoms with Gasteiger partial charge in [-0.25, -0.2) is 4.39 Å². The second-order valence-electron chi connectivity index (χ2n) is 6.90. The van der Waals surface area contributed by atoms with Gasteiger partial charge in [-0.15, -0.1) is 0 Å². The monoisotopic (exact) mass is 465 g/mol. The van der Waals surface area contributed by atoms with Crippen molar-refractivity contribution in [3.63, 3.8) is 0 Å². The highest BCUT2D eigenvalue weighted by molar-refractivity contribution is 8.27. The summed E-state index contributed by atoms with van der Waals surface area (Å²) >= 11 is 6.46. The summed E-state index contributed by atoms with van der Waals surface area (Å²) in [7, 11) is 0. The summed E-state index contributed by atoms with van der Waals surface area (Å²) in [6.07, 6.45) is 2.51. The van der Waals surface area contributed by atoms with Gasteiger partial charge in [0.1, 0.15) is 17.3 Å². The number of carbonyl (C=O) groups excluding carboxylic acids is 1. The van der Waals surface area contributed by atoms with Crippen LogP contribution in [-0.2, 0) is 4.79 Å². The molecule has 3 aromatic carbocycles. The molecule has 4 nitrogen and oxygen atoms in total. The van der Waals surface area contributed by atoms with Gasteiger partial charge in [-0.3, -0.25) is 9.69 Å². The molecule has 162 valence electrons. The van der Waals surface area contributed by atoms with Gasteiger partial charge >= 0.3 is 0 Å². The molecule has 1 aliphatic rings. The summed E-state index contributed by atoms with van der Waals surface area (Å²) in [5.41, 5.74) is 0.997. The molecule has 0 saturated carbocycles. The van der Waals surface area contributed by atoms with E-state index in [9.17, 15) is 9.18 Å². The topological polar surface area (TPSA) is 38.8 Å². The van der Waals surface area contributed by atoms with Gasteiger partial charge in [0.2, 0.25) is 0 Å². The van der Waals surface area contributed by atoms with E-state index in [2.05, 4.69) is 0 Å². The van der Waals surface area contributed by atoms with Crippen LogP contribution in [-0.4, -0.2) is 23.4 Å². The number of hydrogen-bond donors (Lipinski definition) is 0. The maximum atomic E-state index is 14.1. The quantitative estimate of drug-likeness (QED) is 0.229. The molecule has 0 unspecified atom stereocenters. The number of amides is 1. The number of anilines is 1. The lowest BCUT2D eigenvalue weighted by atomic mass is 10.2. The van der Waals surface area contributed by atoms with E-state index in [1.54, 1.807) is 24.3 Å². The van der Waals surface area contributed by atoms with Crippen LogP contribution in [0, 0.1) is 5.82 Å². The van der Waals surface area contributed by atoms with E-state index in [4.69, 9.17) is 21.7 Å². The Morgan fingerprint density at radius 3 is 2.19 bits per heavy atom.